The number of hydrogen-bond acceptors (Lipinski definition) is 4. The highest BCUT2D eigenvalue weighted by atomic mass is 16.6. The van der Waals surface area contributed by atoms with Gasteiger partial charge in [0.1, 0.15) is 11.5 Å². The van der Waals surface area contributed by atoms with Gasteiger partial charge < -0.3 is 9.47 Å². The van der Waals surface area contributed by atoms with Crippen LogP contribution in [-0.4, -0.2) is 24.6 Å². The first-order valence-corrected chi connectivity index (χ1v) is 10.6. The molecular weight excluding hydrogens is 364 g/mol. The van der Waals surface area contributed by atoms with Crippen LogP contribution in [0.4, 0.5) is 0 Å². The van der Waals surface area contributed by atoms with Gasteiger partial charge in [0, 0.05) is 11.8 Å². The Morgan fingerprint density at radius 2 is 1.45 bits per heavy atom. The molecule has 8 rings (SSSR count). The van der Waals surface area contributed by atoms with E-state index in [-0.39, 0.29) is 23.0 Å². The van der Waals surface area contributed by atoms with Crippen LogP contribution in [0.15, 0.2) is 60.7 Å². The second-order valence-corrected chi connectivity index (χ2v) is 9.55. The lowest BCUT2D eigenvalue weighted by molar-refractivity contribution is -0.190. The van der Waals surface area contributed by atoms with Crippen molar-refractivity contribution in [3.63, 3.8) is 0 Å². The summed E-state index contributed by atoms with van der Waals surface area (Å²) in [6.45, 7) is 0. The number of rotatable bonds is 5. The Balaban J connectivity index is 1.20. The van der Waals surface area contributed by atoms with Crippen LogP contribution < -0.4 is 0 Å². The summed E-state index contributed by atoms with van der Waals surface area (Å²) >= 11 is 0. The van der Waals surface area contributed by atoms with Crippen LogP contribution in [0.3, 0.4) is 0 Å². The molecule has 0 amide bonds. The summed E-state index contributed by atoms with van der Waals surface area (Å²) in [4.78, 5) is 26.0. The number of ether oxygens (including phenoxy) is 2. The summed E-state index contributed by atoms with van der Waals surface area (Å²) in [5.41, 5.74) is 1.40. The van der Waals surface area contributed by atoms with Crippen LogP contribution in [0.5, 0.6) is 0 Å². The van der Waals surface area contributed by atoms with E-state index in [1.807, 2.05) is 60.7 Å². The molecule has 2 aromatic rings. The molecule has 2 aromatic carbocycles. The highest BCUT2D eigenvalue weighted by Crippen LogP contribution is 3.01. The van der Waals surface area contributed by atoms with E-state index in [0.29, 0.717) is 35.5 Å². The zero-order valence-electron chi connectivity index (χ0n) is 16.2. The first kappa shape index (κ1) is 16.2. The number of carbonyl (C=O) groups is 2. The first-order valence-electron chi connectivity index (χ1n) is 10.6. The van der Waals surface area contributed by atoms with Crippen molar-refractivity contribution in [3.8, 4) is 0 Å². The van der Waals surface area contributed by atoms with Crippen molar-refractivity contribution in [2.24, 2.45) is 40.9 Å². The minimum Gasteiger partial charge on any atom is -0.469 e. The number of benzene rings is 2. The van der Waals surface area contributed by atoms with E-state index in [1.165, 1.54) is 7.11 Å². The van der Waals surface area contributed by atoms with E-state index in [0.717, 1.165) is 17.5 Å². The van der Waals surface area contributed by atoms with Gasteiger partial charge in [-0.05, 0) is 41.2 Å². The van der Waals surface area contributed by atoms with E-state index >= 15 is 0 Å². The second kappa shape index (κ2) is 4.92. The topological polar surface area (TPSA) is 52.6 Å². The third-order valence-electron chi connectivity index (χ3n) is 9.03. The predicted octanol–water partition coefficient (Wildman–Crippen LogP) is 3.42. The standard InChI is InChI=1S/C25H22O4/c1-28-23(27)25-18-15-12-24(17(15)20(25)21(25)19(18)24)29-22(26)16(13-8-4-2-5-9-13)14-10-6-3-7-11-14/h2-11,15-21H,12H2,1H3. The van der Waals surface area contributed by atoms with Gasteiger partial charge in [-0.3, -0.25) is 9.59 Å². The second-order valence-electron chi connectivity index (χ2n) is 9.55. The normalized spacial score (nSPS) is 43.4. The summed E-state index contributed by atoms with van der Waals surface area (Å²) < 4.78 is 11.5. The van der Waals surface area contributed by atoms with E-state index < -0.39 is 5.92 Å². The molecule has 0 radical (unpaired) electrons. The zero-order chi connectivity index (χ0) is 19.5. The lowest BCUT2D eigenvalue weighted by atomic mass is 9.64. The largest absolute Gasteiger partial charge is 0.469 e. The van der Waals surface area contributed by atoms with Crippen LogP contribution in [-0.2, 0) is 19.1 Å². The lowest BCUT2D eigenvalue weighted by Gasteiger charge is -2.47. The van der Waals surface area contributed by atoms with Gasteiger partial charge in [0.25, 0.3) is 0 Å². The van der Waals surface area contributed by atoms with Crippen LogP contribution in [0.2, 0.25) is 0 Å². The molecule has 0 saturated heterocycles. The SMILES string of the molecule is COC(=O)C12C3C4CC5(OC(=O)C(c6ccccc6)c6ccccc6)C4C1C2C35. The number of methoxy groups -OCH3 is 1. The molecule has 146 valence electrons. The summed E-state index contributed by atoms with van der Waals surface area (Å²) in [5.74, 6) is 1.88. The molecule has 8 unspecified atom stereocenters. The molecule has 6 saturated carbocycles. The quantitative estimate of drug-likeness (QED) is 0.739. The van der Waals surface area contributed by atoms with Crippen LogP contribution in [0.1, 0.15) is 23.5 Å². The Labute approximate surface area is 169 Å². The van der Waals surface area contributed by atoms with Crippen molar-refractivity contribution in [2.75, 3.05) is 7.11 Å². The number of carbonyl (C=O) groups excluding carboxylic acids is 2. The molecule has 8 atom stereocenters. The van der Waals surface area contributed by atoms with Gasteiger partial charge in [-0.1, -0.05) is 60.7 Å². The summed E-state index contributed by atoms with van der Waals surface area (Å²) in [6, 6.07) is 19.8. The smallest absolute Gasteiger partial charge is 0.318 e. The fourth-order valence-electron chi connectivity index (χ4n) is 8.46. The van der Waals surface area contributed by atoms with Gasteiger partial charge in [-0.15, -0.1) is 0 Å². The highest BCUT2D eigenvalue weighted by Gasteiger charge is 3.06. The fourth-order valence-corrected chi connectivity index (χ4v) is 8.46. The van der Waals surface area contributed by atoms with Crippen molar-refractivity contribution in [1.29, 1.82) is 0 Å². The first-order chi connectivity index (χ1) is 14.2. The Morgan fingerprint density at radius 3 is 1.97 bits per heavy atom. The third-order valence-corrected chi connectivity index (χ3v) is 9.03. The van der Waals surface area contributed by atoms with Crippen molar-refractivity contribution >= 4 is 11.9 Å². The third kappa shape index (κ3) is 1.52. The van der Waals surface area contributed by atoms with Gasteiger partial charge in [-0.25, -0.2) is 0 Å². The Kier molecular flexibility index (Phi) is 2.75. The number of hydrogen-bond donors (Lipinski definition) is 0. The van der Waals surface area contributed by atoms with Gasteiger partial charge in [0.15, 0.2) is 0 Å². The van der Waals surface area contributed by atoms with Crippen LogP contribution in [0, 0.1) is 40.9 Å². The van der Waals surface area contributed by atoms with Crippen LogP contribution >= 0.6 is 0 Å². The summed E-state index contributed by atoms with van der Waals surface area (Å²) in [5, 5.41) is 0. The fraction of sp³-hybridized carbons (Fsp3) is 0.440. The van der Waals surface area contributed by atoms with Crippen molar-refractivity contribution in [1.82, 2.24) is 0 Å². The summed E-state index contributed by atoms with van der Waals surface area (Å²) in [6.07, 6.45) is 0.931. The van der Waals surface area contributed by atoms with Gasteiger partial charge in [-0.2, -0.15) is 0 Å². The molecule has 6 fully saturated rings. The lowest BCUT2D eigenvalue weighted by Crippen LogP contribution is -2.55. The molecule has 4 heteroatoms. The van der Waals surface area contributed by atoms with E-state index in [4.69, 9.17) is 9.47 Å². The molecule has 29 heavy (non-hydrogen) atoms. The minimum atomic E-state index is -0.412. The molecule has 0 heterocycles. The molecular formula is C25H22O4. The average Bonchev–Trinajstić information content (AvgIpc) is 2.89. The maximum Gasteiger partial charge on any atom is 0.318 e. The van der Waals surface area contributed by atoms with Gasteiger partial charge in [0.05, 0.1) is 12.5 Å². The molecule has 0 aromatic heterocycles. The van der Waals surface area contributed by atoms with E-state index in [1.54, 1.807) is 0 Å². The van der Waals surface area contributed by atoms with Crippen molar-refractivity contribution < 1.29 is 19.1 Å². The van der Waals surface area contributed by atoms with E-state index in [9.17, 15) is 9.59 Å². The number of esters is 2. The minimum absolute atomic E-state index is 0.0190. The van der Waals surface area contributed by atoms with Crippen molar-refractivity contribution in [3.05, 3.63) is 71.8 Å². The molecule has 6 aliphatic rings. The summed E-state index contributed by atoms with van der Waals surface area (Å²) in [7, 11) is 1.50. The zero-order valence-corrected chi connectivity index (χ0v) is 16.2. The molecule has 0 spiro atoms. The predicted molar refractivity (Wildman–Crippen MR) is 104 cm³/mol. The molecule has 4 nitrogen and oxygen atoms in total. The molecule has 0 aliphatic heterocycles. The maximum absolute atomic E-state index is 13.5. The maximum atomic E-state index is 13.5. The Morgan fingerprint density at radius 1 is 0.862 bits per heavy atom. The van der Waals surface area contributed by atoms with E-state index in [2.05, 4.69) is 0 Å². The van der Waals surface area contributed by atoms with Gasteiger partial charge >= 0.3 is 11.9 Å². The Bertz CT molecular complexity index is 1010. The van der Waals surface area contributed by atoms with Gasteiger partial charge in [0.2, 0.25) is 0 Å². The van der Waals surface area contributed by atoms with Crippen molar-refractivity contribution in [2.45, 2.75) is 17.9 Å². The average molecular weight is 386 g/mol. The molecule has 5 bridgehead atoms. The Hall–Kier alpha value is -2.62. The highest BCUT2D eigenvalue weighted by molar-refractivity contribution is 5.89. The molecule has 0 N–H and O–H groups in total. The monoisotopic (exact) mass is 386 g/mol. The van der Waals surface area contributed by atoms with Crippen LogP contribution in [0.25, 0.3) is 0 Å². The molecule has 6 aliphatic carbocycles.